The van der Waals surface area contributed by atoms with Gasteiger partial charge in [-0.15, -0.1) is 0 Å². The number of hydrogen-bond donors (Lipinski definition) is 2. The van der Waals surface area contributed by atoms with Crippen LogP contribution in [0.5, 0.6) is 0 Å². The zero-order valence-corrected chi connectivity index (χ0v) is 11.3. The molecule has 0 radical (unpaired) electrons. The zero-order valence-electron chi connectivity index (χ0n) is 11.3. The van der Waals surface area contributed by atoms with Crippen LogP contribution in [0.4, 0.5) is 0 Å². The summed E-state index contributed by atoms with van der Waals surface area (Å²) in [6.07, 6.45) is 4.61. The molecule has 2 aliphatic rings. The van der Waals surface area contributed by atoms with Crippen molar-refractivity contribution < 1.29 is 4.79 Å². The van der Waals surface area contributed by atoms with E-state index in [0.29, 0.717) is 5.92 Å². The van der Waals surface area contributed by atoms with Crippen LogP contribution in [0.25, 0.3) is 0 Å². The quantitative estimate of drug-likeness (QED) is 0.869. The Balaban J connectivity index is 1.66. The molecule has 1 heterocycles. The molecule has 102 valence electrons. The van der Waals surface area contributed by atoms with E-state index in [1.54, 1.807) is 0 Å². The van der Waals surface area contributed by atoms with Gasteiger partial charge in [-0.3, -0.25) is 4.79 Å². The summed E-state index contributed by atoms with van der Waals surface area (Å²) in [5, 5.41) is 6.60. The third-order valence-electron chi connectivity index (χ3n) is 4.22. The van der Waals surface area contributed by atoms with Gasteiger partial charge in [-0.25, -0.2) is 0 Å². The second-order valence-corrected chi connectivity index (χ2v) is 5.78. The lowest BCUT2D eigenvalue weighted by molar-refractivity contribution is -0.126. The molecular formula is C16H22N2O. The van der Waals surface area contributed by atoms with Crippen LogP contribution < -0.4 is 10.6 Å². The van der Waals surface area contributed by atoms with E-state index in [2.05, 4.69) is 34.9 Å². The monoisotopic (exact) mass is 258 g/mol. The fourth-order valence-electron chi connectivity index (χ4n) is 2.91. The Hall–Kier alpha value is -1.35. The number of hydrogen-bond acceptors (Lipinski definition) is 2. The molecule has 1 aliphatic carbocycles. The highest BCUT2D eigenvalue weighted by Crippen LogP contribution is 2.41. The maximum atomic E-state index is 12.4. The molecule has 19 heavy (non-hydrogen) atoms. The summed E-state index contributed by atoms with van der Waals surface area (Å²) >= 11 is 0. The highest BCUT2D eigenvalue weighted by atomic mass is 16.2. The van der Waals surface area contributed by atoms with E-state index in [9.17, 15) is 4.79 Å². The molecule has 0 bridgehead atoms. The highest BCUT2D eigenvalue weighted by Gasteiger charge is 2.34. The highest BCUT2D eigenvalue weighted by molar-refractivity contribution is 5.79. The standard InChI is InChI=1S/C16H22N2O/c19-16(14-7-4-10-17-11-14)18-15(13-8-9-13)12-5-2-1-3-6-12/h1-3,5-6,13-15,17H,4,7-11H2,(H,18,19)/t14-,15?/m1/s1. The third kappa shape index (κ3) is 3.16. The van der Waals surface area contributed by atoms with Gasteiger partial charge in [0.1, 0.15) is 0 Å². The Labute approximate surface area is 114 Å². The summed E-state index contributed by atoms with van der Waals surface area (Å²) in [4.78, 5) is 12.4. The first kappa shape index (κ1) is 12.7. The molecule has 1 aliphatic heterocycles. The van der Waals surface area contributed by atoms with E-state index in [0.717, 1.165) is 25.9 Å². The van der Waals surface area contributed by atoms with E-state index in [1.165, 1.54) is 18.4 Å². The zero-order chi connectivity index (χ0) is 13.1. The van der Waals surface area contributed by atoms with Crippen molar-refractivity contribution in [1.29, 1.82) is 0 Å². The minimum atomic E-state index is 0.152. The molecule has 0 spiro atoms. The normalized spacial score (nSPS) is 24.7. The minimum Gasteiger partial charge on any atom is -0.349 e. The van der Waals surface area contributed by atoms with Gasteiger partial charge in [0.05, 0.1) is 12.0 Å². The number of nitrogens with one attached hydrogen (secondary N) is 2. The lowest BCUT2D eigenvalue weighted by Gasteiger charge is -2.25. The first-order chi connectivity index (χ1) is 9.34. The molecular weight excluding hydrogens is 236 g/mol. The first-order valence-corrected chi connectivity index (χ1v) is 7.40. The van der Waals surface area contributed by atoms with E-state index in [-0.39, 0.29) is 17.9 Å². The average molecular weight is 258 g/mol. The van der Waals surface area contributed by atoms with Crippen LogP contribution in [0.2, 0.25) is 0 Å². The molecule has 1 aromatic rings. The van der Waals surface area contributed by atoms with E-state index in [4.69, 9.17) is 0 Å². The largest absolute Gasteiger partial charge is 0.349 e. The maximum Gasteiger partial charge on any atom is 0.224 e. The van der Waals surface area contributed by atoms with Crippen LogP contribution in [-0.2, 0) is 4.79 Å². The van der Waals surface area contributed by atoms with Crippen molar-refractivity contribution in [3.05, 3.63) is 35.9 Å². The summed E-state index contributed by atoms with van der Waals surface area (Å²) in [6.45, 7) is 1.88. The molecule has 2 atom stereocenters. The van der Waals surface area contributed by atoms with Gasteiger partial charge >= 0.3 is 0 Å². The van der Waals surface area contributed by atoms with Gasteiger partial charge in [0.2, 0.25) is 5.91 Å². The number of carbonyl (C=O) groups excluding carboxylic acids is 1. The summed E-state index contributed by atoms with van der Waals surface area (Å²) < 4.78 is 0. The Morgan fingerprint density at radius 2 is 2.00 bits per heavy atom. The molecule has 1 unspecified atom stereocenters. The van der Waals surface area contributed by atoms with Crippen molar-refractivity contribution in [3.63, 3.8) is 0 Å². The van der Waals surface area contributed by atoms with Gasteiger partial charge in [-0.2, -0.15) is 0 Å². The van der Waals surface area contributed by atoms with Gasteiger partial charge in [0.25, 0.3) is 0 Å². The average Bonchev–Trinajstić information content (AvgIpc) is 3.31. The second-order valence-electron chi connectivity index (χ2n) is 5.78. The predicted octanol–water partition coefficient (Wildman–Crippen LogP) is 2.25. The fraction of sp³-hybridized carbons (Fsp3) is 0.562. The van der Waals surface area contributed by atoms with Crippen molar-refractivity contribution in [2.24, 2.45) is 11.8 Å². The Bertz CT molecular complexity index is 422. The van der Waals surface area contributed by atoms with Crippen LogP contribution in [0.15, 0.2) is 30.3 Å². The topological polar surface area (TPSA) is 41.1 Å². The van der Waals surface area contributed by atoms with Crippen molar-refractivity contribution >= 4 is 5.91 Å². The molecule has 1 aromatic carbocycles. The third-order valence-corrected chi connectivity index (χ3v) is 4.22. The van der Waals surface area contributed by atoms with Crippen molar-refractivity contribution in [3.8, 4) is 0 Å². The summed E-state index contributed by atoms with van der Waals surface area (Å²) in [6, 6.07) is 10.6. The van der Waals surface area contributed by atoms with Gasteiger partial charge in [-0.1, -0.05) is 30.3 Å². The minimum absolute atomic E-state index is 0.152. The summed E-state index contributed by atoms with van der Waals surface area (Å²) in [5.74, 6) is 1.02. The van der Waals surface area contributed by atoms with Gasteiger partial charge in [-0.05, 0) is 43.7 Å². The molecule has 3 rings (SSSR count). The van der Waals surface area contributed by atoms with Crippen LogP contribution in [0, 0.1) is 11.8 Å². The predicted molar refractivity (Wildman–Crippen MR) is 75.6 cm³/mol. The second kappa shape index (κ2) is 5.74. The number of carbonyl (C=O) groups is 1. The molecule has 1 amide bonds. The van der Waals surface area contributed by atoms with Crippen LogP contribution in [0.1, 0.15) is 37.3 Å². The number of piperidine rings is 1. The van der Waals surface area contributed by atoms with Crippen LogP contribution in [0.3, 0.4) is 0 Å². The first-order valence-electron chi connectivity index (χ1n) is 7.40. The number of benzene rings is 1. The van der Waals surface area contributed by atoms with Gasteiger partial charge in [0, 0.05) is 6.54 Å². The van der Waals surface area contributed by atoms with Gasteiger partial charge < -0.3 is 10.6 Å². The lowest BCUT2D eigenvalue weighted by atomic mass is 9.96. The van der Waals surface area contributed by atoms with E-state index in [1.807, 2.05) is 6.07 Å². The molecule has 2 N–H and O–H groups in total. The molecule has 0 aromatic heterocycles. The van der Waals surface area contributed by atoms with Crippen LogP contribution >= 0.6 is 0 Å². The summed E-state index contributed by atoms with van der Waals surface area (Å²) in [7, 11) is 0. The van der Waals surface area contributed by atoms with Crippen molar-refractivity contribution in [2.45, 2.75) is 31.7 Å². The molecule has 1 saturated carbocycles. The van der Waals surface area contributed by atoms with Crippen LogP contribution in [-0.4, -0.2) is 19.0 Å². The Morgan fingerprint density at radius 3 is 2.63 bits per heavy atom. The van der Waals surface area contributed by atoms with E-state index >= 15 is 0 Å². The van der Waals surface area contributed by atoms with Crippen molar-refractivity contribution in [1.82, 2.24) is 10.6 Å². The summed E-state index contributed by atoms with van der Waals surface area (Å²) in [5.41, 5.74) is 1.25. The SMILES string of the molecule is O=C(NC(c1ccccc1)C1CC1)[C@@H]1CCCNC1. The van der Waals surface area contributed by atoms with Gasteiger partial charge in [0.15, 0.2) is 0 Å². The molecule has 1 saturated heterocycles. The molecule has 3 heteroatoms. The smallest absolute Gasteiger partial charge is 0.224 e. The molecule has 3 nitrogen and oxygen atoms in total. The fourth-order valence-corrected chi connectivity index (χ4v) is 2.91. The Morgan fingerprint density at radius 1 is 1.21 bits per heavy atom. The number of amides is 1. The Kier molecular flexibility index (Phi) is 3.83. The van der Waals surface area contributed by atoms with Crippen molar-refractivity contribution in [2.75, 3.05) is 13.1 Å². The molecule has 2 fully saturated rings. The number of rotatable bonds is 4. The lowest BCUT2D eigenvalue weighted by Crippen LogP contribution is -2.42. The van der Waals surface area contributed by atoms with E-state index < -0.39 is 0 Å². The maximum absolute atomic E-state index is 12.4.